The van der Waals surface area contributed by atoms with Gasteiger partial charge in [-0.2, -0.15) is 0 Å². The highest BCUT2D eigenvalue weighted by molar-refractivity contribution is 6.07. The van der Waals surface area contributed by atoms with Crippen molar-refractivity contribution in [2.24, 2.45) is 11.3 Å². The van der Waals surface area contributed by atoms with Gasteiger partial charge in [0.1, 0.15) is 5.41 Å². The molecule has 4 nitrogen and oxygen atoms in total. The quantitative estimate of drug-likeness (QED) is 0.485. The Morgan fingerprint density at radius 3 is 2.79 bits per heavy atom. The highest BCUT2D eigenvalue weighted by atomic mass is 16.5. The lowest BCUT2D eigenvalue weighted by Gasteiger charge is -2.31. The van der Waals surface area contributed by atoms with Gasteiger partial charge in [0.05, 0.1) is 13.2 Å². The number of ether oxygens (including phenoxy) is 1. The molecule has 0 heterocycles. The SMILES string of the molecule is COC(=O)[C@]12CC[C@@H](O)[C@@H](CC1)C2=O. The molecular formula is C10H14O4. The molecule has 2 aliphatic carbocycles. The average molecular weight is 198 g/mol. The number of ketones is 1. The van der Waals surface area contributed by atoms with E-state index in [9.17, 15) is 14.7 Å². The van der Waals surface area contributed by atoms with Crippen LogP contribution in [0.2, 0.25) is 0 Å². The number of carbonyl (C=O) groups is 2. The molecule has 0 aromatic heterocycles. The standard InChI is InChI=1S/C10H14O4/c1-14-9(13)10-4-2-6(8(10)12)7(11)3-5-10/h6-7,11H,2-5H2,1H3/t6-,7-,10+/m1/s1. The van der Waals surface area contributed by atoms with E-state index in [1.54, 1.807) is 0 Å². The van der Waals surface area contributed by atoms with Gasteiger partial charge in [-0.1, -0.05) is 0 Å². The van der Waals surface area contributed by atoms with E-state index in [-0.39, 0.29) is 11.7 Å². The molecule has 78 valence electrons. The van der Waals surface area contributed by atoms with Crippen molar-refractivity contribution in [3.8, 4) is 0 Å². The summed E-state index contributed by atoms with van der Waals surface area (Å²) < 4.78 is 4.67. The minimum absolute atomic E-state index is 0.108. The Morgan fingerprint density at radius 1 is 1.50 bits per heavy atom. The average Bonchev–Trinajstić information content (AvgIpc) is 2.40. The molecule has 0 aromatic rings. The lowest BCUT2D eigenvalue weighted by molar-refractivity contribution is -0.160. The maximum absolute atomic E-state index is 11.9. The molecule has 2 saturated carbocycles. The zero-order valence-electron chi connectivity index (χ0n) is 8.16. The molecule has 0 saturated heterocycles. The first-order chi connectivity index (χ1) is 6.62. The Bertz CT molecular complexity index is 286. The van der Waals surface area contributed by atoms with Crippen molar-refractivity contribution in [1.29, 1.82) is 0 Å². The van der Waals surface area contributed by atoms with Crippen molar-refractivity contribution in [3.63, 3.8) is 0 Å². The summed E-state index contributed by atoms with van der Waals surface area (Å²) in [4.78, 5) is 23.4. The Morgan fingerprint density at radius 2 is 2.14 bits per heavy atom. The highest BCUT2D eigenvalue weighted by Crippen LogP contribution is 2.49. The van der Waals surface area contributed by atoms with E-state index < -0.39 is 17.5 Å². The first kappa shape index (κ1) is 9.65. The van der Waals surface area contributed by atoms with Crippen molar-refractivity contribution in [2.75, 3.05) is 7.11 Å². The van der Waals surface area contributed by atoms with Crippen LogP contribution in [0.15, 0.2) is 0 Å². The molecule has 1 N–H and O–H groups in total. The van der Waals surface area contributed by atoms with Crippen LogP contribution in [0.25, 0.3) is 0 Å². The van der Waals surface area contributed by atoms with Crippen LogP contribution >= 0.6 is 0 Å². The van der Waals surface area contributed by atoms with Gasteiger partial charge in [-0.3, -0.25) is 9.59 Å². The molecule has 2 rings (SSSR count). The summed E-state index contributed by atoms with van der Waals surface area (Å²) in [5.74, 6) is -0.858. The fraction of sp³-hybridized carbons (Fsp3) is 0.800. The molecule has 3 atom stereocenters. The smallest absolute Gasteiger partial charge is 0.319 e. The van der Waals surface area contributed by atoms with Crippen molar-refractivity contribution in [3.05, 3.63) is 0 Å². The number of rotatable bonds is 1. The van der Waals surface area contributed by atoms with Crippen molar-refractivity contribution >= 4 is 11.8 Å². The molecule has 2 aliphatic rings. The van der Waals surface area contributed by atoms with Crippen LogP contribution in [0.3, 0.4) is 0 Å². The molecule has 0 amide bonds. The summed E-state index contributed by atoms with van der Waals surface area (Å²) in [7, 11) is 1.31. The van der Waals surface area contributed by atoms with Crippen LogP contribution in [-0.2, 0) is 14.3 Å². The summed E-state index contributed by atoms with van der Waals surface area (Å²) >= 11 is 0. The summed E-state index contributed by atoms with van der Waals surface area (Å²) in [6, 6.07) is 0. The Kier molecular flexibility index (Phi) is 2.10. The third-order valence-corrected chi connectivity index (χ3v) is 3.60. The lowest BCUT2D eigenvalue weighted by atomic mass is 9.73. The Labute approximate surface area is 82.2 Å². The molecule has 0 radical (unpaired) electrons. The van der Waals surface area contributed by atoms with Gasteiger partial charge in [0.2, 0.25) is 0 Å². The molecule has 2 bridgehead atoms. The number of hydrogen-bond acceptors (Lipinski definition) is 4. The summed E-state index contributed by atoms with van der Waals surface area (Å²) in [6.07, 6.45) is 1.58. The first-order valence-electron chi connectivity index (χ1n) is 4.92. The van der Waals surface area contributed by atoms with Crippen LogP contribution < -0.4 is 0 Å². The number of Topliss-reactive ketones (excluding diaryl/α,β-unsaturated/α-hetero) is 1. The Hall–Kier alpha value is -0.900. The maximum atomic E-state index is 11.9. The van der Waals surface area contributed by atoms with Crippen LogP contribution in [-0.4, -0.2) is 30.1 Å². The molecule has 0 aliphatic heterocycles. The maximum Gasteiger partial charge on any atom is 0.319 e. The fourth-order valence-electron chi connectivity index (χ4n) is 2.72. The van der Waals surface area contributed by atoms with Crippen LogP contribution in [0.4, 0.5) is 0 Å². The van der Waals surface area contributed by atoms with E-state index in [1.807, 2.05) is 0 Å². The van der Waals surface area contributed by atoms with E-state index in [0.29, 0.717) is 25.7 Å². The zero-order chi connectivity index (χ0) is 10.3. The monoisotopic (exact) mass is 198 g/mol. The third-order valence-electron chi connectivity index (χ3n) is 3.60. The largest absolute Gasteiger partial charge is 0.468 e. The summed E-state index contributed by atoms with van der Waals surface area (Å²) in [5, 5.41) is 9.56. The predicted octanol–water partition coefficient (Wildman–Crippen LogP) is 0.280. The number of esters is 1. The number of fused-ring (bicyclic) bond motifs is 2. The fourth-order valence-corrected chi connectivity index (χ4v) is 2.72. The van der Waals surface area contributed by atoms with Gasteiger partial charge >= 0.3 is 5.97 Å². The summed E-state index contributed by atoms with van der Waals surface area (Å²) in [5.41, 5.74) is -0.918. The Balaban J connectivity index is 2.30. The minimum atomic E-state index is -0.918. The van der Waals surface area contributed by atoms with Gasteiger partial charge < -0.3 is 9.84 Å². The molecule has 4 heteroatoms. The second-order valence-corrected chi connectivity index (χ2v) is 4.19. The van der Waals surface area contributed by atoms with E-state index in [0.717, 1.165) is 0 Å². The number of carbonyl (C=O) groups excluding carboxylic acids is 2. The van der Waals surface area contributed by atoms with Gasteiger partial charge in [-0.05, 0) is 25.7 Å². The molecule has 0 unspecified atom stereocenters. The van der Waals surface area contributed by atoms with E-state index in [1.165, 1.54) is 7.11 Å². The van der Waals surface area contributed by atoms with E-state index in [4.69, 9.17) is 0 Å². The van der Waals surface area contributed by atoms with E-state index >= 15 is 0 Å². The van der Waals surface area contributed by atoms with Gasteiger partial charge in [0, 0.05) is 5.92 Å². The molecule has 14 heavy (non-hydrogen) atoms. The van der Waals surface area contributed by atoms with Gasteiger partial charge in [-0.25, -0.2) is 0 Å². The second kappa shape index (κ2) is 3.05. The van der Waals surface area contributed by atoms with Gasteiger partial charge in [0.15, 0.2) is 5.78 Å². The normalized spacial score (nSPS) is 41.1. The van der Waals surface area contributed by atoms with Crippen molar-refractivity contribution in [1.82, 2.24) is 0 Å². The summed E-state index contributed by atoms with van der Waals surface area (Å²) in [6.45, 7) is 0. The number of hydrogen-bond donors (Lipinski definition) is 1. The van der Waals surface area contributed by atoms with Gasteiger partial charge in [0.25, 0.3) is 0 Å². The number of aliphatic hydroxyl groups is 1. The lowest BCUT2D eigenvalue weighted by Crippen LogP contribution is -2.44. The van der Waals surface area contributed by atoms with Crippen LogP contribution in [0, 0.1) is 11.3 Å². The molecule has 0 aromatic carbocycles. The first-order valence-corrected chi connectivity index (χ1v) is 4.92. The zero-order valence-corrected chi connectivity index (χ0v) is 8.16. The van der Waals surface area contributed by atoms with Crippen LogP contribution in [0.1, 0.15) is 25.7 Å². The predicted molar refractivity (Wildman–Crippen MR) is 47.4 cm³/mol. The van der Waals surface area contributed by atoms with Crippen molar-refractivity contribution in [2.45, 2.75) is 31.8 Å². The minimum Gasteiger partial charge on any atom is -0.468 e. The number of aliphatic hydroxyl groups excluding tert-OH is 1. The molecule has 2 fully saturated rings. The third kappa shape index (κ3) is 1.03. The molecule has 0 spiro atoms. The van der Waals surface area contributed by atoms with Crippen molar-refractivity contribution < 1.29 is 19.4 Å². The second-order valence-electron chi connectivity index (χ2n) is 4.19. The topological polar surface area (TPSA) is 63.6 Å². The van der Waals surface area contributed by atoms with E-state index in [2.05, 4.69) is 4.74 Å². The molecular weight excluding hydrogens is 184 g/mol. The number of methoxy groups -OCH3 is 1. The highest BCUT2D eigenvalue weighted by Gasteiger charge is 2.58. The van der Waals surface area contributed by atoms with Crippen LogP contribution in [0.5, 0.6) is 0 Å². The van der Waals surface area contributed by atoms with Gasteiger partial charge in [-0.15, -0.1) is 0 Å².